The highest BCUT2D eigenvalue weighted by Crippen LogP contribution is 2.24. The fraction of sp³-hybridized carbons (Fsp3) is 0.143. The lowest BCUT2D eigenvalue weighted by molar-refractivity contribution is 0.102. The molecule has 0 aliphatic rings. The van der Waals surface area contributed by atoms with Crippen molar-refractivity contribution in [3.8, 4) is 5.75 Å². The predicted molar refractivity (Wildman–Crippen MR) is 74.3 cm³/mol. The molecule has 1 aromatic carbocycles. The topological polar surface area (TPSA) is 77.2 Å². The molecule has 0 unspecified atom stereocenters. The molecule has 0 aliphatic carbocycles. The van der Waals surface area contributed by atoms with Gasteiger partial charge in [-0.15, -0.1) is 0 Å². The molecule has 3 N–H and O–H groups in total. The molecule has 1 amide bonds. The first-order valence-corrected chi connectivity index (χ1v) is 5.78. The third kappa shape index (κ3) is 2.65. The summed E-state index contributed by atoms with van der Waals surface area (Å²) < 4.78 is 5.11. The maximum atomic E-state index is 12.2. The molecule has 5 heteroatoms. The Balaban J connectivity index is 2.31. The number of ether oxygens (including phenoxy) is 1. The van der Waals surface area contributed by atoms with E-state index < -0.39 is 0 Å². The van der Waals surface area contributed by atoms with Crippen molar-refractivity contribution in [1.82, 2.24) is 4.98 Å². The van der Waals surface area contributed by atoms with Gasteiger partial charge < -0.3 is 15.8 Å². The standard InChI is InChI=1S/C14H15N3O2/c1-9-4-3-5-11(15)13(9)17-14(18)10-6-7-16-8-12(10)19-2/h3-8H,15H2,1-2H3,(H,17,18). The average Bonchev–Trinajstić information content (AvgIpc) is 2.42. The average molecular weight is 257 g/mol. The highest BCUT2D eigenvalue weighted by atomic mass is 16.5. The zero-order valence-corrected chi connectivity index (χ0v) is 10.8. The van der Waals surface area contributed by atoms with Gasteiger partial charge in [0.15, 0.2) is 0 Å². The molecular formula is C14H15N3O2. The van der Waals surface area contributed by atoms with Crippen LogP contribution < -0.4 is 15.8 Å². The smallest absolute Gasteiger partial charge is 0.259 e. The molecule has 0 atom stereocenters. The van der Waals surface area contributed by atoms with Gasteiger partial charge in [0.05, 0.1) is 30.2 Å². The first-order valence-electron chi connectivity index (χ1n) is 5.78. The molecule has 98 valence electrons. The van der Waals surface area contributed by atoms with E-state index in [4.69, 9.17) is 10.5 Å². The number of benzene rings is 1. The van der Waals surface area contributed by atoms with Crippen molar-refractivity contribution in [3.63, 3.8) is 0 Å². The number of nitrogens with one attached hydrogen (secondary N) is 1. The Labute approximate surface area is 111 Å². The summed E-state index contributed by atoms with van der Waals surface area (Å²) in [5.74, 6) is 0.146. The Bertz CT molecular complexity index is 591. The number of nitrogens with zero attached hydrogens (tertiary/aromatic N) is 1. The number of aryl methyl sites for hydroxylation is 1. The van der Waals surface area contributed by atoms with Gasteiger partial charge in [-0.1, -0.05) is 12.1 Å². The van der Waals surface area contributed by atoms with Crippen molar-refractivity contribution in [2.75, 3.05) is 18.2 Å². The third-order valence-corrected chi connectivity index (χ3v) is 2.79. The van der Waals surface area contributed by atoms with Crippen molar-refractivity contribution in [2.24, 2.45) is 0 Å². The van der Waals surface area contributed by atoms with Crippen LogP contribution in [0.5, 0.6) is 5.75 Å². The molecule has 5 nitrogen and oxygen atoms in total. The minimum absolute atomic E-state index is 0.278. The number of carbonyl (C=O) groups excluding carboxylic acids is 1. The number of anilines is 2. The number of pyridine rings is 1. The van der Waals surface area contributed by atoms with Crippen LogP contribution in [0, 0.1) is 6.92 Å². The SMILES string of the molecule is COc1cnccc1C(=O)Nc1c(C)cccc1N. The molecule has 0 bridgehead atoms. The fourth-order valence-corrected chi connectivity index (χ4v) is 1.77. The Kier molecular flexibility index (Phi) is 3.66. The molecular weight excluding hydrogens is 242 g/mol. The number of rotatable bonds is 3. The Hall–Kier alpha value is -2.56. The lowest BCUT2D eigenvalue weighted by Gasteiger charge is -2.12. The van der Waals surface area contributed by atoms with E-state index in [0.29, 0.717) is 22.7 Å². The van der Waals surface area contributed by atoms with Crippen LogP contribution in [-0.2, 0) is 0 Å². The highest BCUT2D eigenvalue weighted by Gasteiger charge is 2.14. The monoisotopic (exact) mass is 257 g/mol. The molecule has 0 spiro atoms. The van der Waals surface area contributed by atoms with Crippen LogP contribution in [0.2, 0.25) is 0 Å². The minimum atomic E-state index is -0.278. The molecule has 2 rings (SSSR count). The second-order valence-corrected chi connectivity index (χ2v) is 4.07. The summed E-state index contributed by atoms with van der Waals surface area (Å²) in [4.78, 5) is 16.1. The van der Waals surface area contributed by atoms with E-state index in [0.717, 1.165) is 5.56 Å². The van der Waals surface area contributed by atoms with E-state index in [1.54, 1.807) is 18.3 Å². The Morgan fingerprint density at radius 1 is 1.37 bits per heavy atom. The summed E-state index contributed by atoms with van der Waals surface area (Å²) in [6.45, 7) is 1.88. The quantitative estimate of drug-likeness (QED) is 0.827. The zero-order valence-electron chi connectivity index (χ0n) is 10.8. The van der Waals surface area contributed by atoms with Crippen LogP contribution in [0.25, 0.3) is 0 Å². The maximum absolute atomic E-state index is 12.2. The van der Waals surface area contributed by atoms with Gasteiger partial charge in [0, 0.05) is 6.20 Å². The van der Waals surface area contributed by atoms with E-state index in [9.17, 15) is 4.79 Å². The van der Waals surface area contributed by atoms with Gasteiger partial charge in [0.1, 0.15) is 5.75 Å². The van der Waals surface area contributed by atoms with Gasteiger partial charge in [0.25, 0.3) is 5.91 Å². The zero-order chi connectivity index (χ0) is 13.8. The van der Waals surface area contributed by atoms with Crippen LogP contribution in [0.3, 0.4) is 0 Å². The predicted octanol–water partition coefficient (Wildman–Crippen LogP) is 2.23. The van der Waals surface area contributed by atoms with Gasteiger partial charge in [-0.05, 0) is 24.6 Å². The summed E-state index contributed by atoms with van der Waals surface area (Å²) in [5.41, 5.74) is 8.33. The van der Waals surface area contributed by atoms with Crippen molar-refractivity contribution in [3.05, 3.63) is 47.8 Å². The summed E-state index contributed by atoms with van der Waals surface area (Å²) in [6.07, 6.45) is 3.04. The number of methoxy groups -OCH3 is 1. The van der Waals surface area contributed by atoms with Crippen LogP contribution in [0.1, 0.15) is 15.9 Å². The van der Waals surface area contributed by atoms with Gasteiger partial charge in [-0.3, -0.25) is 9.78 Å². The molecule has 0 saturated heterocycles. The maximum Gasteiger partial charge on any atom is 0.259 e. The molecule has 1 aromatic heterocycles. The molecule has 0 aliphatic heterocycles. The van der Waals surface area contributed by atoms with Crippen molar-refractivity contribution in [2.45, 2.75) is 6.92 Å². The number of para-hydroxylation sites is 1. The van der Waals surface area contributed by atoms with Gasteiger partial charge in [-0.25, -0.2) is 0 Å². The normalized spacial score (nSPS) is 10.0. The van der Waals surface area contributed by atoms with Gasteiger partial charge in [0.2, 0.25) is 0 Å². The Morgan fingerprint density at radius 2 is 2.16 bits per heavy atom. The number of hydrogen-bond donors (Lipinski definition) is 2. The number of hydrogen-bond acceptors (Lipinski definition) is 4. The van der Waals surface area contributed by atoms with E-state index in [1.807, 2.05) is 19.1 Å². The number of aromatic nitrogens is 1. The van der Waals surface area contributed by atoms with Gasteiger partial charge >= 0.3 is 0 Å². The molecule has 0 saturated carbocycles. The number of carbonyl (C=O) groups is 1. The van der Waals surface area contributed by atoms with E-state index >= 15 is 0 Å². The van der Waals surface area contributed by atoms with Crippen molar-refractivity contribution >= 4 is 17.3 Å². The summed E-state index contributed by atoms with van der Waals surface area (Å²) in [6, 6.07) is 7.07. The van der Waals surface area contributed by atoms with Gasteiger partial charge in [-0.2, -0.15) is 0 Å². The molecule has 2 aromatic rings. The number of nitrogen functional groups attached to an aromatic ring is 1. The number of nitrogens with two attached hydrogens (primary N) is 1. The molecule has 0 fully saturated rings. The van der Waals surface area contributed by atoms with Crippen molar-refractivity contribution < 1.29 is 9.53 Å². The Morgan fingerprint density at radius 3 is 2.84 bits per heavy atom. The molecule has 0 radical (unpaired) electrons. The van der Waals surface area contributed by atoms with E-state index in [-0.39, 0.29) is 5.91 Å². The van der Waals surface area contributed by atoms with Crippen LogP contribution in [0.4, 0.5) is 11.4 Å². The summed E-state index contributed by atoms with van der Waals surface area (Å²) in [7, 11) is 1.50. The lowest BCUT2D eigenvalue weighted by Crippen LogP contribution is -2.15. The second kappa shape index (κ2) is 5.39. The number of amides is 1. The molecule has 19 heavy (non-hydrogen) atoms. The summed E-state index contributed by atoms with van der Waals surface area (Å²) >= 11 is 0. The van der Waals surface area contributed by atoms with E-state index in [1.165, 1.54) is 13.3 Å². The van der Waals surface area contributed by atoms with E-state index in [2.05, 4.69) is 10.3 Å². The summed E-state index contributed by atoms with van der Waals surface area (Å²) in [5, 5.41) is 2.80. The third-order valence-electron chi connectivity index (χ3n) is 2.79. The van der Waals surface area contributed by atoms with Crippen LogP contribution in [0.15, 0.2) is 36.7 Å². The lowest BCUT2D eigenvalue weighted by atomic mass is 10.1. The first-order chi connectivity index (χ1) is 9.13. The minimum Gasteiger partial charge on any atom is -0.494 e. The fourth-order valence-electron chi connectivity index (χ4n) is 1.77. The second-order valence-electron chi connectivity index (χ2n) is 4.07. The molecule has 1 heterocycles. The van der Waals surface area contributed by atoms with Crippen LogP contribution in [-0.4, -0.2) is 18.0 Å². The van der Waals surface area contributed by atoms with Crippen molar-refractivity contribution in [1.29, 1.82) is 0 Å². The highest BCUT2D eigenvalue weighted by molar-refractivity contribution is 6.07. The largest absolute Gasteiger partial charge is 0.494 e. The van der Waals surface area contributed by atoms with Crippen LogP contribution >= 0.6 is 0 Å². The first kappa shape index (κ1) is 12.9.